The van der Waals surface area contributed by atoms with Crippen LogP contribution in [0, 0.1) is 0 Å². The summed E-state index contributed by atoms with van der Waals surface area (Å²) >= 11 is 12.6. The Balaban J connectivity index is 1.21. The lowest BCUT2D eigenvalue weighted by Crippen LogP contribution is -2.32. The summed E-state index contributed by atoms with van der Waals surface area (Å²) in [6, 6.07) is 18.5. The van der Waals surface area contributed by atoms with E-state index in [-0.39, 0.29) is 23.6 Å². The molecule has 1 aliphatic heterocycles. The summed E-state index contributed by atoms with van der Waals surface area (Å²) < 4.78 is 11.7. The van der Waals surface area contributed by atoms with Crippen molar-refractivity contribution < 1.29 is 19.4 Å². The Kier molecular flexibility index (Phi) is 7.13. The Bertz CT molecular complexity index is 1290. The molecule has 0 bridgehead atoms. The van der Waals surface area contributed by atoms with Crippen LogP contribution in [0.3, 0.4) is 0 Å². The maximum Gasteiger partial charge on any atom is 0.251 e. The maximum atomic E-state index is 12.8. The number of fused-ring (bicyclic) bond motifs is 1. The molecule has 0 spiro atoms. The molecule has 3 unspecified atom stereocenters. The minimum absolute atomic E-state index is 0.0933. The van der Waals surface area contributed by atoms with Gasteiger partial charge < -0.3 is 19.9 Å². The standard InChI is InChI=1S/C29H27Cl2NO4/c1-17(33)24-11-12-35-27-16-28(26(31)15-25(24)27)36-23-9-6-18(7-10-23)29(34)32-22-8-5-20(14-22)19-3-2-4-21(30)13-19/h2-4,6-7,9-10,13,15-16,20,22,24,33H,1,5,8,11-12,14H2,(H,32,34). The molecule has 0 saturated heterocycles. The fraction of sp³-hybridized carbons (Fsp3) is 0.276. The minimum Gasteiger partial charge on any atom is -0.512 e. The van der Waals surface area contributed by atoms with E-state index in [1.807, 2.05) is 18.2 Å². The highest BCUT2D eigenvalue weighted by atomic mass is 35.5. The van der Waals surface area contributed by atoms with Crippen molar-refractivity contribution in [2.45, 2.75) is 43.6 Å². The number of benzene rings is 3. The average molecular weight is 524 g/mol. The molecular formula is C29H27Cl2NO4. The summed E-state index contributed by atoms with van der Waals surface area (Å²) in [5, 5.41) is 14.2. The second-order valence-corrected chi connectivity index (χ2v) is 10.2. The van der Waals surface area contributed by atoms with Crippen molar-refractivity contribution in [1.82, 2.24) is 5.32 Å². The number of amides is 1. The third kappa shape index (κ3) is 5.32. The van der Waals surface area contributed by atoms with E-state index in [0.29, 0.717) is 46.8 Å². The molecule has 5 rings (SSSR count). The Hall–Kier alpha value is -3.15. The van der Waals surface area contributed by atoms with Crippen LogP contribution in [-0.4, -0.2) is 23.7 Å². The van der Waals surface area contributed by atoms with Crippen LogP contribution in [0.15, 0.2) is 73.0 Å². The van der Waals surface area contributed by atoms with Gasteiger partial charge in [0, 0.05) is 34.2 Å². The number of nitrogens with one attached hydrogen (secondary N) is 1. The van der Waals surface area contributed by atoms with Crippen LogP contribution in [-0.2, 0) is 0 Å². The zero-order valence-electron chi connectivity index (χ0n) is 19.7. The Morgan fingerprint density at radius 1 is 1.06 bits per heavy atom. The first-order chi connectivity index (χ1) is 17.4. The summed E-state index contributed by atoms with van der Waals surface area (Å²) in [4.78, 5) is 12.8. The number of ether oxygens (including phenoxy) is 2. The summed E-state index contributed by atoms with van der Waals surface area (Å²) in [6.07, 6.45) is 3.51. The lowest BCUT2D eigenvalue weighted by atomic mass is 9.92. The molecule has 2 aliphatic rings. The van der Waals surface area contributed by atoms with Gasteiger partial charge in [-0.25, -0.2) is 0 Å². The number of allylic oxidation sites excluding steroid dienone is 1. The number of rotatable bonds is 6. The van der Waals surface area contributed by atoms with Gasteiger partial charge in [0.2, 0.25) is 0 Å². The first-order valence-electron chi connectivity index (χ1n) is 12.1. The number of hydrogen-bond donors (Lipinski definition) is 2. The van der Waals surface area contributed by atoms with Crippen LogP contribution in [0.25, 0.3) is 0 Å². The van der Waals surface area contributed by atoms with Crippen LogP contribution in [0.1, 0.15) is 59.0 Å². The predicted octanol–water partition coefficient (Wildman–Crippen LogP) is 7.79. The normalized spacial score (nSPS) is 20.8. The number of aliphatic hydroxyl groups is 1. The summed E-state index contributed by atoms with van der Waals surface area (Å²) in [6.45, 7) is 4.14. The van der Waals surface area contributed by atoms with E-state index in [0.717, 1.165) is 29.8 Å². The van der Waals surface area contributed by atoms with Crippen molar-refractivity contribution in [3.8, 4) is 17.2 Å². The number of carbonyl (C=O) groups is 1. The van der Waals surface area contributed by atoms with Crippen molar-refractivity contribution in [2.75, 3.05) is 6.61 Å². The molecule has 0 radical (unpaired) electrons. The lowest BCUT2D eigenvalue weighted by Gasteiger charge is -2.26. The van der Waals surface area contributed by atoms with E-state index in [1.54, 1.807) is 36.4 Å². The molecular weight excluding hydrogens is 497 g/mol. The highest BCUT2D eigenvalue weighted by molar-refractivity contribution is 6.32. The van der Waals surface area contributed by atoms with E-state index < -0.39 is 0 Å². The molecule has 0 aromatic heterocycles. The van der Waals surface area contributed by atoms with Gasteiger partial charge in [-0.3, -0.25) is 4.79 Å². The monoisotopic (exact) mass is 523 g/mol. The maximum absolute atomic E-state index is 12.8. The van der Waals surface area contributed by atoms with Gasteiger partial charge >= 0.3 is 0 Å². The van der Waals surface area contributed by atoms with Gasteiger partial charge in [0.25, 0.3) is 5.91 Å². The number of aliphatic hydroxyl groups excluding tert-OH is 1. The molecule has 186 valence electrons. The molecule has 7 heteroatoms. The summed E-state index contributed by atoms with van der Waals surface area (Å²) in [5.74, 6) is 1.79. The second-order valence-electron chi connectivity index (χ2n) is 9.36. The Morgan fingerprint density at radius 2 is 1.86 bits per heavy atom. The SMILES string of the molecule is C=C(O)C1CCOc2cc(Oc3ccc(C(=O)NC4CCC(c5cccc(Cl)c5)C4)cc3)c(Cl)cc21. The zero-order chi connectivity index (χ0) is 25.2. The number of halogens is 2. The third-order valence-electron chi connectivity index (χ3n) is 6.94. The fourth-order valence-electron chi connectivity index (χ4n) is 5.06. The topological polar surface area (TPSA) is 67.8 Å². The van der Waals surface area contributed by atoms with Crippen LogP contribution >= 0.6 is 23.2 Å². The fourth-order valence-corrected chi connectivity index (χ4v) is 5.47. The van der Waals surface area contributed by atoms with Crippen molar-refractivity contribution in [3.63, 3.8) is 0 Å². The summed E-state index contributed by atoms with van der Waals surface area (Å²) in [7, 11) is 0. The zero-order valence-corrected chi connectivity index (χ0v) is 21.2. The van der Waals surface area contributed by atoms with Crippen molar-refractivity contribution in [3.05, 3.63) is 99.7 Å². The first kappa shape index (κ1) is 24.5. The van der Waals surface area contributed by atoms with Crippen LogP contribution in [0.4, 0.5) is 0 Å². The molecule has 3 aromatic carbocycles. The molecule has 3 atom stereocenters. The molecule has 3 aromatic rings. The van der Waals surface area contributed by atoms with E-state index in [1.165, 1.54) is 5.56 Å². The molecule has 1 aliphatic carbocycles. The van der Waals surface area contributed by atoms with E-state index in [9.17, 15) is 9.90 Å². The van der Waals surface area contributed by atoms with Gasteiger partial charge in [0.05, 0.1) is 17.4 Å². The molecule has 1 heterocycles. The molecule has 1 fully saturated rings. The molecule has 1 amide bonds. The smallest absolute Gasteiger partial charge is 0.251 e. The highest BCUT2D eigenvalue weighted by Crippen LogP contribution is 2.43. The molecule has 1 saturated carbocycles. The largest absolute Gasteiger partial charge is 0.512 e. The van der Waals surface area contributed by atoms with E-state index in [4.69, 9.17) is 32.7 Å². The molecule has 5 nitrogen and oxygen atoms in total. The van der Waals surface area contributed by atoms with Crippen LogP contribution in [0.5, 0.6) is 17.2 Å². The quantitative estimate of drug-likeness (QED) is 0.323. The summed E-state index contributed by atoms with van der Waals surface area (Å²) in [5.41, 5.74) is 2.59. The average Bonchev–Trinajstić information content (AvgIpc) is 3.33. The Labute approximate surface area is 220 Å². The lowest BCUT2D eigenvalue weighted by molar-refractivity contribution is 0.0937. The second kappa shape index (κ2) is 10.5. The van der Waals surface area contributed by atoms with Gasteiger partial charge in [-0.1, -0.05) is 41.9 Å². The van der Waals surface area contributed by atoms with Gasteiger partial charge in [-0.2, -0.15) is 0 Å². The number of carbonyl (C=O) groups excluding carboxylic acids is 1. The van der Waals surface area contributed by atoms with Crippen LogP contribution < -0.4 is 14.8 Å². The van der Waals surface area contributed by atoms with Gasteiger partial charge in [-0.15, -0.1) is 0 Å². The van der Waals surface area contributed by atoms with E-state index in [2.05, 4.69) is 18.0 Å². The highest BCUT2D eigenvalue weighted by Gasteiger charge is 2.28. The van der Waals surface area contributed by atoms with Crippen LogP contribution in [0.2, 0.25) is 10.0 Å². The van der Waals surface area contributed by atoms with Gasteiger partial charge in [0.1, 0.15) is 17.2 Å². The van der Waals surface area contributed by atoms with E-state index >= 15 is 0 Å². The van der Waals surface area contributed by atoms with Crippen molar-refractivity contribution in [1.29, 1.82) is 0 Å². The molecule has 36 heavy (non-hydrogen) atoms. The number of hydrogen-bond acceptors (Lipinski definition) is 4. The first-order valence-corrected chi connectivity index (χ1v) is 12.8. The third-order valence-corrected chi connectivity index (χ3v) is 7.47. The minimum atomic E-state index is -0.210. The predicted molar refractivity (Wildman–Crippen MR) is 142 cm³/mol. The molecule has 2 N–H and O–H groups in total. The van der Waals surface area contributed by atoms with Crippen molar-refractivity contribution >= 4 is 29.1 Å². The van der Waals surface area contributed by atoms with Crippen molar-refractivity contribution in [2.24, 2.45) is 0 Å². The Morgan fingerprint density at radius 3 is 2.61 bits per heavy atom. The van der Waals surface area contributed by atoms with Gasteiger partial charge in [-0.05, 0) is 79.6 Å². The van der Waals surface area contributed by atoms with Gasteiger partial charge in [0.15, 0.2) is 0 Å².